The number of aryl methyl sites for hydroxylation is 1. The number of rotatable bonds is 2. The third-order valence-corrected chi connectivity index (χ3v) is 4.96. The van der Waals surface area contributed by atoms with Crippen LogP contribution in [0.15, 0.2) is 24.3 Å². The number of aromatic amines is 1. The van der Waals surface area contributed by atoms with Gasteiger partial charge in [0.2, 0.25) is 0 Å². The van der Waals surface area contributed by atoms with Crippen molar-refractivity contribution in [3.05, 3.63) is 35.5 Å². The number of aromatic nitrogens is 1. The second kappa shape index (κ2) is 5.44. The smallest absolute Gasteiger partial charge is 0.0618 e. The van der Waals surface area contributed by atoms with Crippen molar-refractivity contribution in [3.8, 4) is 0 Å². The maximum absolute atomic E-state index is 3.77. The van der Waals surface area contributed by atoms with E-state index in [1.165, 1.54) is 41.4 Å². The Morgan fingerprint density at radius 1 is 1.14 bits per heavy atom. The minimum Gasteiger partial charge on any atom is -0.357 e. The minimum atomic E-state index is 0.449. The van der Waals surface area contributed by atoms with E-state index in [1.54, 1.807) is 0 Å². The zero-order valence-electron chi connectivity index (χ0n) is 12.7. The van der Waals surface area contributed by atoms with Crippen molar-refractivity contribution in [2.45, 2.75) is 25.3 Å². The molecule has 2 heterocycles. The summed E-state index contributed by atoms with van der Waals surface area (Å²) in [6.07, 6.45) is 3.71. The van der Waals surface area contributed by atoms with E-state index in [1.807, 2.05) is 0 Å². The van der Waals surface area contributed by atoms with Crippen LogP contribution in [-0.4, -0.2) is 48.1 Å². The first-order valence-corrected chi connectivity index (χ1v) is 8.10. The summed E-state index contributed by atoms with van der Waals surface area (Å²) in [4.78, 5) is 6.06. The number of hydrogen-bond acceptors (Lipinski definition) is 3. The maximum Gasteiger partial charge on any atom is 0.0618 e. The molecule has 2 aliphatic rings. The van der Waals surface area contributed by atoms with Crippen molar-refractivity contribution >= 4 is 10.9 Å². The molecular formula is C17H24N4. The third-order valence-electron chi connectivity index (χ3n) is 4.96. The van der Waals surface area contributed by atoms with Crippen LogP contribution in [0, 0.1) is 0 Å². The molecule has 0 amide bonds. The molecule has 0 spiro atoms. The second-order valence-corrected chi connectivity index (χ2v) is 6.43. The van der Waals surface area contributed by atoms with E-state index in [2.05, 4.69) is 51.6 Å². The summed E-state index contributed by atoms with van der Waals surface area (Å²) in [6.45, 7) is 4.53. The third kappa shape index (κ3) is 2.48. The number of benzene rings is 1. The lowest BCUT2D eigenvalue weighted by Gasteiger charge is -2.36. The molecule has 0 bridgehead atoms. The Labute approximate surface area is 126 Å². The Morgan fingerprint density at radius 3 is 2.81 bits per heavy atom. The van der Waals surface area contributed by atoms with Crippen molar-refractivity contribution < 1.29 is 0 Å². The number of nitrogens with zero attached hydrogens (tertiary/aromatic N) is 2. The summed E-state index contributed by atoms with van der Waals surface area (Å²) in [6, 6.07) is 9.16. The average molecular weight is 284 g/mol. The number of fused-ring (bicyclic) bond motifs is 3. The first-order chi connectivity index (χ1) is 10.3. The Kier molecular flexibility index (Phi) is 3.45. The monoisotopic (exact) mass is 284 g/mol. The van der Waals surface area contributed by atoms with Gasteiger partial charge in [-0.25, -0.2) is 10.4 Å². The molecule has 4 rings (SSSR count). The molecule has 1 aliphatic carbocycles. The van der Waals surface area contributed by atoms with Gasteiger partial charge in [-0.05, 0) is 37.9 Å². The zero-order chi connectivity index (χ0) is 14.2. The molecule has 0 saturated carbocycles. The molecule has 2 aromatic rings. The van der Waals surface area contributed by atoms with Crippen molar-refractivity contribution in [1.29, 1.82) is 0 Å². The second-order valence-electron chi connectivity index (χ2n) is 6.43. The first-order valence-electron chi connectivity index (χ1n) is 8.10. The molecule has 1 aliphatic heterocycles. The number of likely N-dealkylation sites (N-methyl/N-ethyl adjacent to an activating group) is 1. The number of hydrogen-bond donors (Lipinski definition) is 2. The quantitative estimate of drug-likeness (QED) is 0.888. The molecule has 21 heavy (non-hydrogen) atoms. The zero-order valence-corrected chi connectivity index (χ0v) is 12.7. The number of nitrogens with one attached hydrogen (secondary N) is 2. The predicted octanol–water partition coefficient (Wildman–Crippen LogP) is 2.30. The van der Waals surface area contributed by atoms with Crippen molar-refractivity contribution in [2.75, 3.05) is 33.2 Å². The highest BCUT2D eigenvalue weighted by atomic mass is 15.5. The summed E-state index contributed by atoms with van der Waals surface area (Å²) >= 11 is 0. The van der Waals surface area contributed by atoms with E-state index in [0.29, 0.717) is 6.04 Å². The molecule has 1 aromatic carbocycles. The SMILES string of the molecule is CN1CCN(NC2CCCc3c2[nH]c2ccccc32)CC1. The van der Waals surface area contributed by atoms with E-state index < -0.39 is 0 Å². The van der Waals surface area contributed by atoms with Crippen LogP contribution in [0.25, 0.3) is 10.9 Å². The van der Waals surface area contributed by atoms with E-state index in [9.17, 15) is 0 Å². The molecule has 1 saturated heterocycles. The van der Waals surface area contributed by atoms with Crippen LogP contribution in [0.2, 0.25) is 0 Å². The lowest BCUT2D eigenvalue weighted by Crippen LogP contribution is -2.52. The first kappa shape index (κ1) is 13.3. The topological polar surface area (TPSA) is 34.3 Å². The molecule has 4 nitrogen and oxygen atoms in total. The van der Waals surface area contributed by atoms with Crippen LogP contribution >= 0.6 is 0 Å². The van der Waals surface area contributed by atoms with E-state index in [-0.39, 0.29) is 0 Å². The lowest BCUT2D eigenvalue weighted by atomic mass is 9.92. The van der Waals surface area contributed by atoms with Crippen LogP contribution in [0.5, 0.6) is 0 Å². The fourth-order valence-corrected chi connectivity index (χ4v) is 3.70. The Balaban J connectivity index is 1.58. The number of hydrazine groups is 1. The van der Waals surface area contributed by atoms with Crippen LogP contribution in [0.1, 0.15) is 30.1 Å². The van der Waals surface area contributed by atoms with E-state index in [0.717, 1.165) is 26.2 Å². The standard InChI is InChI=1S/C17H24N4/c1-20-9-11-21(12-10-20)19-16-8-4-6-14-13-5-2-3-7-15(13)18-17(14)16/h2-3,5,7,16,18-19H,4,6,8-12H2,1H3. The van der Waals surface area contributed by atoms with Gasteiger partial charge in [-0.3, -0.25) is 0 Å². The molecule has 1 atom stereocenters. The average Bonchev–Trinajstić information content (AvgIpc) is 2.89. The molecule has 112 valence electrons. The van der Waals surface area contributed by atoms with Gasteiger partial charge < -0.3 is 9.88 Å². The fraction of sp³-hybridized carbons (Fsp3) is 0.529. The van der Waals surface area contributed by atoms with Crippen molar-refractivity contribution in [2.24, 2.45) is 0 Å². The van der Waals surface area contributed by atoms with Gasteiger partial charge in [-0.2, -0.15) is 0 Å². The van der Waals surface area contributed by atoms with Gasteiger partial charge in [-0.15, -0.1) is 0 Å². The van der Waals surface area contributed by atoms with Crippen LogP contribution in [0.4, 0.5) is 0 Å². The summed E-state index contributed by atoms with van der Waals surface area (Å²) in [5.41, 5.74) is 8.01. The highest BCUT2D eigenvalue weighted by molar-refractivity contribution is 5.85. The molecule has 0 radical (unpaired) electrons. The Hall–Kier alpha value is -1.36. The molecule has 4 heteroatoms. The Morgan fingerprint density at radius 2 is 1.95 bits per heavy atom. The number of para-hydroxylation sites is 1. The van der Waals surface area contributed by atoms with E-state index >= 15 is 0 Å². The highest BCUT2D eigenvalue weighted by Crippen LogP contribution is 2.34. The van der Waals surface area contributed by atoms with Gasteiger partial charge in [0.05, 0.1) is 6.04 Å². The number of piperazine rings is 1. The molecule has 2 N–H and O–H groups in total. The largest absolute Gasteiger partial charge is 0.357 e. The molecular weight excluding hydrogens is 260 g/mol. The van der Waals surface area contributed by atoms with Gasteiger partial charge in [0.15, 0.2) is 0 Å². The number of H-pyrrole nitrogens is 1. The van der Waals surface area contributed by atoms with Gasteiger partial charge in [0.25, 0.3) is 0 Å². The van der Waals surface area contributed by atoms with Crippen LogP contribution in [-0.2, 0) is 6.42 Å². The van der Waals surface area contributed by atoms with E-state index in [4.69, 9.17) is 0 Å². The van der Waals surface area contributed by atoms with Crippen molar-refractivity contribution in [3.63, 3.8) is 0 Å². The van der Waals surface area contributed by atoms with Crippen molar-refractivity contribution in [1.82, 2.24) is 20.3 Å². The molecule has 1 aromatic heterocycles. The summed E-state index contributed by atoms with van der Waals surface area (Å²) in [7, 11) is 2.20. The summed E-state index contributed by atoms with van der Waals surface area (Å²) in [5, 5.41) is 3.82. The highest BCUT2D eigenvalue weighted by Gasteiger charge is 2.26. The minimum absolute atomic E-state index is 0.449. The van der Waals surface area contributed by atoms with Gasteiger partial charge in [-0.1, -0.05) is 18.2 Å². The molecule has 1 unspecified atom stereocenters. The maximum atomic E-state index is 3.77. The summed E-state index contributed by atoms with van der Waals surface area (Å²) < 4.78 is 0. The normalized spacial score (nSPS) is 24.3. The summed E-state index contributed by atoms with van der Waals surface area (Å²) in [5.74, 6) is 0. The van der Waals surface area contributed by atoms with Gasteiger partial charge >= 0.3 is 0 Å². The lowest BCUT2D eigenvalue weighted by molar-refractivity contribution is 0.0821. The van der Waals surface area contributed by atoms with Gasteiger partial charge in [0.1, 0.15) is 0 Å². The molecule has 1 fully saturated rings. The van der Waals surface area contributed by atoms with Gasteiger partial charge in [0, 0.05) is 42.8 Å². The van der Waals surface area contributed by atoms with Crippen LogP contribution in [0.3, 0.4) is 0 Å². The Bertz CT molecular complexity index is 625. The fourth-order valence-electron chi connectivity index (χ4n) is 3.70. The predicted molar refractivity (Wildman–Crippen MR) is 86.2 cm³/mol. The van der Waals surface area contributed by atoms with Crippen LogP contribution < -0.4 is 5.43 Å².